The Balaban J connectivity index is 1.59. The predicted molar refractivity (Wildman–Crippen MR) is 126 cm³/mol. The highest BCUT2D eigenvalue weighted by Gasteiger charge is 2.18. The monoisotopic (exact) mass is 457 g/mol. The number of carbonyl (C=O) groups excluding carboxylic acids is 1. The van der Waals surface area contributed by atoms with Gasteiger partial charge in [0.15, 0.2) is 5.65 Å². The van der Waals surface area contributed by atoms with E-state index in [1.54, 1.807) is 72.4 Å². The van der Waals surface area contributed by atoms with Crippen LogP contribution in [0.2, 0.25) is 5.02 Å². The molecule has 8 heteroatoms. The number of fused-ring (bicyclic) bond motifs is 1. The van der Waals surface area contributed by atoms with Crippen LogP contribution in [0, 0.1) is 12.7 Å². The molecule has 0 fully saturated rings. The molecule has 162 valence electrons. The Hall–Kier alpha value is -4.10. The fourth-order valence-electron chi connectivity index (χ4n) is 3.61. The van der Waals surface area contributed by atoms with E-state index >= 15 is 0 Å². The number of carbonyl (C=O) groups is 1. The van der Waals surface area contributed by atoms with Gasteiger partial charge in [0.05, 0.1) is 5.69 Å². The van der Waals surface area contributed by atoms with Gasteiger partial charge in [-0.2, -0.15) is 5.10 Å². The van der Waals surface area contributed by atoms with E-state index in [0.29, 0.717) is 39.0 Å². The molecule has 6 nitrogen and oxygen atoms in total. The molecule has 33 heavy (non-hydrogen) atoms. The number of halogens is 2. The first-order chi connectivity index (χ1) is 16.0. The Bertz CT molecular complexity index is 1510. The summed E-state index contributed by atoms with van der Waals surface area (Å²) in [5.41, 5.74) is 4.45. The van der Waals surface area contributed by atoms with Gasteiger partial charge in [-0.15, -0.1) is 0 Å². The summed E-state index contributed by atoms with van der Waals surface area (Å²) in [6, 6.07) is 18.8. The second-order valence-electron chi connectivity index (χ2n) is 7.46. The zero-order valence-corrected chi connectivity index (χ0v) is 18.2. The van der Waals surface area contributed by atoms with Crippen molar-refractivity contribution in [1.82, 2.24) is 19.6 Å². The van der Waals surface area contributed by atoms with E-state index in [1.807, 2.05) is 12.1 Å². The normalized spacial score (nSPS) is 11.0. The van der Waals surface area contributed by atoms with Crippen molar-refractivity contribution in [3.63, 3.8) is 0 Å². The van der Waals surface area contributed by atoms with E-state index in [4.69, 9.17) is 16.6 Å². The molecule has 5 aromatic rings. The third kappa shape index (κ3) is 4.06. The number of nitrogens with one attached hydrogen (secondary N) is 1. The molecule has 2 aromatic carbocycles. The number of imidazole rings is 1. The molecule has 5 rings (SSSR count). The zero-order chi connectivity index (χ0) is 22.9. The zero-order valence-electron chi connectivity index (χ0n) is 17.5. The maximum atomic E-state index is 13.9. The average Bonchev–Trinajstić information content (AvgIpc) is 3.21. The van der Waals surface area contributed by atoms with E-state index in [-0.39, 0.29) is 11.7 Å². The van der Waals surface area contributed by atoms with Gasteiger partial charge in [0.2, 0.25) is 0 Å². The van der Waals surface area contributed by atoms with Crippen LogP contribution in [0.25, 0.3) is 28.2 Å². The molecule has 0 aliphatic carbocycles. The van der Waals surface area contributed by atoms with Crippen LogP contribution in [-0.2, 0) is 0 Å². The summed E-state index contributed by atoms with van der Waals surface area (Å²) in [7, 11) is 0. The van der Waals surface area contributed by atoms with Crippen LogP contribution in [0.5, 0.6) is 0 Å². The number of hydrogen-bond acceptors (Lipinski definition) is 4. The molecule has 1 amide bonds. The van der Waals surface area contributed by atoms with Gasteiger partial charge in [-0.25, -0.2) is 18.9 Å². The number of benzene rings is 2. The number of aryl methyl sites for hydroxylation is 1. The van der Waals surface area contributed by atoms with Gasteiger partial charge in [-0.1, -0.05) is 17.7 Å². The average molecular weight is 458 g/mol. The molecule has 0 bridgehead atoms. The Morgan fingerprint density at radius 2 is 1.88 bits per heavy atom. The minimum Gasteiger partial charge on any atom is -0.307 e. The fraction of sp³-hybridized carbons (Fsp3) is 0.0400. The van der Waals surface area contributed by atoms with Crippen LogP contribution in [0.15, 0.2) is 79.1 Å². The van der Waals surface area contributed by atoms with Crippen molar-refractivity contribution in [3.05, 3.63) is 101 Å². The molecular weight excluding hydrogens is 441 g/mol. The number of aromatic nitrogens is 4. The van der Waals surface area contributed by atoms with Crippen LogP contribution in [0.1, 0.15) is 15.9 Å². The Kier molecular flexibility index (Phi) is 5.32. The van der Waals surface area contributed by atoms with E-state index in [2.05, 4.69) is 15.4 Å². The van der Waals surface area contributed by atoms with Crippen molar-refractivity contribution in [2.75, 3.05) is 5.32 Å². The summed E-state index contributed by atoms with van der Waals surface area (Å²) in [6.45, 7) is 1.71. The minimum absolute atomic E-state index is 0.280. The van der Waals surface area contributed by atoms with Crippen molar-refractivity contribution < 1.29 is 9.18 Å². The minimum atomic E-state index is -0.326. The lowest BCUT2D eigenvalue weighted by atomic mass is 10.0. The Morgan fingerprint density at radius 3 is 2.70 bits per heavy atom. The number of rotatable bonds is 4. The summed E-state index contributed by atoms with van der Waals surface area (Å²) in [5, 5.41) is 7.73. The van der Waals surface area contributed by atoms with E-state index in [1.165, 1.54) is 6.07 Å². The molecule has 3 aromatic heterocycles. The van der Waals surface area contributed by atoms with Gasteiger partial charge in [0.25, 0.3) is 5.91 Å². The van der Waals surface area contributed by atoms with E-state index in [9.17, 15) is 9.18 Å². The van der Waals surface area contributed by atoms with Crippen LogP contribution >= 0.6 is 11.6 Å². The second kappa shape index (κ2) is 8.44. The summed E-state index contributed by atoms with van der Waals surface area (Å²) >= 11 is 6.00. The van der Waals surface area contributed by atoms with E-state index < -0.39 is 0 Å². The highest BCUT2D eigenvalue weighted by molar-refractivity contribution is 6.31. The quantitative estimate of drug-likeness (QED) is 0.369. The molecular formula is C25H17ClFN5O. The lowest BCUT2D eigenvalue weighted by Gasteiger charge is -2.09. The van der Waals surface area contributed by atoms with Crippen molar-refractivity contribution in [2.45, 2.75) is 6.92 Å². The summed E-state index contributed by atoms with van der Waals surface area (Å²) in [6.07, 6.45) is 3.27. The smallest absolute Gasteiger partial charge is 0.256 e. The van der Waals surface area contributed by atoms with Gasteiger partial charge >= 0.3 is 0 Å². The van der Waals surface area contributed by atoms with Gasteiger partial charge in [0, 0.05) is 34.1 Å². The van der Waals surface area contributed by atoms with Crippen LogP contribution in [0.4, 0.5) is 10.2 Å². The van der Waals surface area contributed by atoms with Gasteiger partial charge in [-0.3, -0.25) is 4.79 Å². The van der Waals surface area contributed by atoms with Crippen molar-refractivity contribution in [3.8, 4) is 22.5 Å². The molecule has 1 N–H and O–H groups in total. The largest absolute Gasteiger partial charge is 0.307 e. The summed E-state index contributed by atoms with van der Waals surface area (Å²) < 4.78 is 15.6. The molecule has 0 aliphatic heterocycles. The van der Waals surface area contributed by atoms with E-state index in [0.717, 1.165) is 11.1 Å². The first-order valence-corrected chi connectivity index (χ1v) is 10.5. The first kappa shape index (κ1) is 20.8. The number of amides is 1. The predicted octanol–water partition coefficient (Wildman–Crippen LogP) is 5.81. The molecule has 0 radical (unpaired) electrons. The molecule has 0 saturated carbocycles. The molecule has 0 aliphatic rings. The molecule has 0 spiro atoms. The third-order valence-electron chi connectivity index (χ3n) is 5.19. The first-order valence-electron chi connectivity index (χ1n) is 10.1. The van der Waals surface area contributed by atoms with Gasteiger partial charge in [0.1, 0.15) is 17.3 Å². The van der Waals surface area contributed by atoms with Crippen LogP contribution in [-0.4, -0.2) is 25.5 Å². The maximum absolute atomic E-state index is 13.9. The Labute approximate surface area is 193 Å². The maximum Gasteiger partial charge on any atom is 0.256 e. The third-order valence-corrected chi connectivity index (χ3v) is 5.42. The van der Waals surface area contributed by atoms with Gasteiger partial charge in [-0.05, 0) is 73.2 Å². The SMILES string of the molecule is Cc1cc(-c2nc3cccnn3c2-c2ccnc(NC(=O)c3cccc(Cl)c3)c2)ccc1F. The second-order valence-corrected chi connectivity index (χ2v) is 7.90. The number of pyridine rings is 1. The lowest BCUT2D eigenvalue weighted by Crippen LogP contribution is -2.12. The highest BCUT2D eigenvalue weighted by atomic mass is 35.5. The lowest BCUT2D eigenvalue weighted by molar-refractivity contribution is 0.102. The number of hydrogen-bond donors (Lipinski definition) is 1. The van der Waals surface area contributed by atoms with Gasteiger partial charge < -0.3 is 5.32 Å². The molecule has 3 heterocycles. The standard InChI is InChI=1S/C25H17ClFN5O/c1-15-12-16(7-8-20(15)27)23-24(32-22(31-23)6-3-10-29-32)17-9-11-28-21(14-17)30-25(33)18-4-2-5-19(26)13-18/h2-14H,1H3,(H,28,30,33). The Morgan fingerprint density at radius 1 is 1.00 bits per heavy atom. The van der Waals surface area contributed by atoms with Crippen molar-refractivity contribution >= 4 is 29.0 Å². The van der Waals surface area contributed by atoms with Crippen LogP contribution in [0.3, 0.4) is 0 Å². The fourth-order valence-corrected chi connectivity index (χ4v) is 3.80. The van der Waals surface area contributed by atoms with Crippen LogP contribution < -0.4 is 5.32 Å². The molecule has 0 unspecified atom stereocenters. The summed E-state index contributed by atoms with van der Waals surface area (Å²) in [4.78, 5) is 21.7. The molecule has 0 saturated heterocycles. The van der Waals surface area contributed by atoms with Crippen molar-refractivity contribution in [2.24, 2.45) is 0 Å². The number of nitrogens with zero attached hydrogens (tertiary/aromatic N) is 4. The topological polar surface area (TPSA) is 72.2 Å². The summed E-state index contributed by atoms with van der Waals surface area (Å²) in [5.74, 6) is -0.241. The number of anilines is 1. The highest BCUT2D eigenvalue weighted by Crippen LogP contribution is 2.33. The molecule has 0 atom stereocenters. The van der Waals surface area contributed by atoms with Crippen molar-refractivity contribution in [1.29, 1.82) is 0 Å².